The molecule has 4 rings (SSSR count). The topological polar surface area (TPSA) is 58.1 Å². The molecule has 0 fully saturated rings. The molecule has 0 spiro atoms. The molecule has 2 aromatic heterocycles. The minimum atomic E-state index is -4.42. The van der Waals surface area contributed by atoms with E-state index in [1.54, 1.807) is 35.5 Å². The molecule has 2 amide bonds. The number of fused-ring (bicyclic) bond motifs is 1. The molecule has 1 aromatic carbocycles. The number of nitrogens with zero attached hydrogens (tertiary/aromatic N) is 3. The second-order valence-electron chi connectivity index (χ2n) is 6.66. The monoisotopic (exact) mass is 398 g/mol. The van der Waals surface area contributed by atoms with E-state index in [-0.39, 0.29) is 6.03 Å². The summed E-state index contributed by atoms with van der Waals surface area (Å²) in [6, 6.07) is 12.8. The Morgan fingerprint density at radius 3 is 2.45 bits per heavy atom. The zero-order valence-corrected chi connectivity index (χ0v) is 15.2. The smallest absolute Gasteiger partial charge is 0.311 e. The van der Waals surface area contributed by atoms with Crippen molar-refractivity contribution in [2.45, 2.75) is 18.6 Å². The highest BCUT2D eigenvalue weighted by molar-refractivity contribution is 5.89. The second-order valence-corrected chi connectivity index (χ2v) is 6.66. The molecule has 0 saturated heterocycles. The van der Waals surface area contributed by atoms with E-state index in [0.29, 0.717) is 30.0 Å². The molecule has 3 aromatic rings. The number of benzene rings is 1. The number of hydrogen-bond donors (Lipinski definition) is 1. The number of halogens is 3. The lowest BCUT2D eigenvalue weighted by Gasteiger charge is -2.36. The van der Waals surface area contributed by atoms with E-state index < -0.39 is 17.8 Å². The van der Waals surface area contributed by atoms with Gasteiger partial charge in [0.25, 0.3) is 0 Å². The fourth-order valence-corrected chi connectivity index (χ4v) is 3.46. The van der Waals surface area contributed by atoms with Crippen molar-refractivity contribution >= 4 is 11.8 Å². The SMILES string of the molecule is O=C(Nc1ccccn1)N1CCc2cccnc2C1c1ccc(C(F)(F)F)cc1. The van der Waals surface area contributed by atoms with Gasteiger partial charge in [0.15, 0.2) is 0 Å². The number of aromatic nitrogens is 2. The van der Waals surface area contributed by atoms with Crippen molar-refractivity contribution < 1.29 is 18.0 Å². The first kappa shape index (κ1) is 18.9. The van der Waals surface area contributed by atoms with Crippen LogP contribution in [-0.2, 0) is 12.6 Å². The van der Waals surface area contributed by atoms with Gasteiger partial charge in [-0.2, -0.15) is 13.2 Å². The van der Waals surface area contributed by atoms with E-state index in [2.05, 4.69) is 15.3 Å². The largest absolute Gasteiger partial charge is 0.416 e. The zero-order chi connectivity index (χ0) is 20.4. The molecule has 1 unspecified atom stereocenters. The maximum absolute atomic E-state index is 13.0. The first-order valence-electron chi connectivity index (χ1n) is 9.03. The minimum Gasteiger partial charge on any atom is -0.311 e. The molecule has 8 heteroatoms. The average molecular weight is 398 g/mol. The number of amides is 2. The van der Waals surface area contributed by atoms with Gasteiger partial charge in [-0.05, 0) is 47.9 Å². The first-order chi connectivity index (χ1) is 13.9. The third-order valence-electron chi connectivity index (χ3n) is 4.83. The highest BCUT2D eigenvalue weighted by Gasteiger charge is 2.35. The summed E-state index contributed by atoms with van der Waals surface area (Å²) in [6.45, 7) is 0.406. The quantitative estimate of drug-likeness (QED) is 0.682. The van der Waals surface area contributed by atoms with Gasteiger partial charge in [0.2, 0.25) is 0 Å². The number of rotatable bonds is 2. The molecule has 0 aliphatic carbocycles. The maximum atomic E-state index is 13.0. The summed E-state index contributed by atoms with van der Waals surface area (Å²) < 4.78 is 38.9. The summed E-state index contributed by atoms with van der Waals surface area (Å²) in [5, 5.41) is 2.75. The van der Waals surface area contributed by atoms with Gasteiger partial charge in [0.1, 0.15) is 11.9 Å². The van der Waals surface area contributed by atoms with Crippen LogP contribution in [-0.4, -0.2) is 27.4 Å². The van der Waals surface area contributed by atoms with Crippen LogP contribution in [0, 0.1) is 0 Å². The van der Waals surface area contributed by atoms with Crippen molar-refractivity contribution in [2.24, 2.45) is 0 Å². The van der Waals surface area contributed by atoms with Crippen LogP contribution in [0.5, 0.6) is 0 Å². The number of nitrogens with one attached hydrogen (secondary N) is 1. The fraction of sp³-hybridized carbons (Fsp3) is 0.190. The summed E-state index contributed by atoms with van der Waals surface area (Å²) >= 11 is 0. The molecule has 29 heavy (non-hydrogen) atoms. The summed E-state index contributed by atoms with van der Waals surface area (Å²) in [5.74, 6) is 0.399. The Hall–Kier alpha value is -3.42. The van der Waals surface area contributed by atoms with Crippen LogP contribution in [0.1, 0.15) is 28.4 Å². The normalized spacial score (nSPS) is 16.2. The predicted octanol–water partition coefficient (Wildman–Crippen LogP) is 4.68. The standard InChI is InChI=1S/C21H17F3N4O/c22-21(23,24)16-8-6-15(7-9-16)19-18-14(4-3-12-26-18)10-13-28(19)20(29)27-17-5-1-2-11-25-17/h1-9,11-12,19H,10,13H2,(H,25,27,29). The van der Waals surface area contributed by atoms with Crippen LogP contribution in [0.2, 0.25) is 0 Å². The Balaban J connectivity index is 1.70. The fourth-order valence-electron chi connectivity index (χ4n) is 3.46. The van der Waals surface area contributed by atoms with Gasteiger partial charge in [-0.25, -0.2) is 9.78 Å². The van der Waals surface area contributed by atoms with Crippen molar-refractivity contribution in [3.63, 3.8) is 0 Å². The van der Waals surface area contributed by atoms with Crippen molar-refractivity contribution in [3.05, 3.63) is 89.4 Å². The number of alkyl halides is 3. The predicted molar refractivity (Wildman–Crippen MR) is 101 cm³/mol. The van der Waals surface area contributed by atoms with E-state index in [4.69, 9.17) is 0 Å². The molecule has 3 heterocycles. The van der Waals surface area contributed by atoms with Gasteiger partial charge in [-0.3, -0.25) is 10.3 Å². The Bertz CT molecular complexity index is 1010. The second kappa shape index (κ2) is 7.54. The lowest BCUT2D eigenvalue weighted by Crippen LogP contribution is -2.43. The number of pyridine rings is 2. The highest BCUT2D eigenvalue weighted by atomic mass is 19.4. The van der Waals surface area contributed by atoms with E-state index in [1.807, 2.05) is 12.1 Å². The van der Waals surface area contributed by atoms with Crippen LogP contribution in [0.25, 0.3) is 0 Å². The van der Waals surface area contributed by atoms with Gasteiger partial charge >= 0.3 is 12.2 Å². The molecular formula is C21H17F3N4O. The van der Waals surface area contributed by atoms with Crippen molar-refractivity contribution in [3.8, 4) is 0 Å². The summed E-state index contributed by atoms with van der Waals surface area (Å²) in [6.07, 6.45) is -0.626. The average Bonchev–Trinajstić information content (AvgIpc) is 2.73. The number of urea groups is 1. The molecular weight excluding hydrogens is 381 g/mol. The first-order valence-corrected chi connectivity index (χ1v) is 9.03. The van der Waals surface area contributed by atoms with E-state index >= 15 is 0 Å². The molecule has 1 N–H and O–H groups in total. The third kappa shape index (κ3) is 3.91. The minimum absolute atomic E-state index is 0.384. The Labute approximate surface area is 165 Å². The van der Waals surface area contributed by atoms with Crippen molar-refractivity contribution in [1.82, 2.24) is 14.9 Å². The number of hydrogen-bond acceptors (Lipinski definition) is 3. The van der Waals surface area contributed by atoms with Gasteiger partial charge in [-0.15, -0.1) is 0 Å². The molecule has 1 atom stereocenters. The summed E-state index contributed by atoms with van der Waals surface area (Å²) in [5.41, 5.74) is 1.46. The number of carbonyl (C=O) groups is 1. The maximum Gasteiger partial charge on any atom is 0.416 e. The molecule has 5 nitrogen and oxygen atoms in total. The third-order valence-corrected chi connectivity index (χ3v) is 4.83. The Morgan fingerprint density at radius 1 is 1.00 bits per heavy atom. The Morgan fingerprint density at radius 2 is 1.76 bits per heavy atom. The Kier molecular flexibility index (Phi) is 4.92. The van der Waals surface area contributed by atoms with Crippen molar-refractivity contribution in [1.29, 1.82) is 0 Å². The molecule has 1 aliphatic heterocycles. The summed E-state index contributed by atoms with van der Waals surface area (Å²) in [7, 11) is 0. The van der Waals surface area contributed by atoms with Crippen LogP contribution in [0.3, 0.4) is 0 Å². The zero-order valence-electron chi connectivity index (χ0n) is 15.2. The molecule has 1 aliphatic rings. The van der Waals surface area contributed by atoms with Crippen molar-refractivity contribution in [2.75, 3.05) is 11.9 Å². The van der Waals surface area contributed by atoms with Crippen LogP contribution < -0.4 is 5.32 Å². The summed E-state index contributed by atoms with van der Waals surface area (Å²) in [4.78, 5) is 23.1. The lowest BCUT2D eigenvalue weighted by molar-refractivity contribution is -0.137. The van der Waals surface area contributed by atoms with E-state index in [9.17, 15) is 18.0 Å². The molecule has 0 radical (unpaired) electrons. The molecule has 0 bridgehead atoms. The van der Waals surface area contributed by atoms with Crippen LogP contribution >= 0.6 is 0 Å². The van der Waals surface area contributed by atoms with Crippen LogP contribution in [0.4, 0.5) is 23.8 Å². The van der Waals surface area contributed by atoms with E-state index in [1.165, 1.54) is 12.1 Å². The number of anilines is 1. The van der Waals surface area contributed by atoms with Gasteiger partial charge in [-0.1, -0.05) is 24.3 Å². The van der Waals surface area contributed by atoms with Gasteiger partial charge < -0.3 is 4.90 Å². The number of carbonyl (C=O) groups excluding carboxylic acids is 1. The van der Waals surface area contributed by atoms with Gasteiger partial charge in [0, 0.05) is 18.9 Å². The lowest BCUT2D eigenvalue weighted by atomic mass is 9.92. The van der Waals surface area contributed by atoms with E-state index in [0.717, 1.165) is 17.7 Å². The van der Waals surface area contributed by atoms with Crippen LogP contribution in [0.15, 0.2) is 67.0 Å². The van der Waals surface area contributed by atoms with Gasteiger partial charge in [0.05, 0.1) is 11.3 Å². The highest BCUT2D eigenvalue weighted by Crippen LogP contribution is 2.36. The molecule has 0 saturated carbocycles. The molecule has 148 valence electrons.